The molecule has 0 spiro atoms. The van der Waals surface area contributed by atoms with Crippen LogP contribution in [0.5, 0.6) is 0 Å². The summed E-state index contributed by atoms with van der Waals surface area (Å²) in [6, 6.07) is 5.62. The van der Waals surface area contributed by atoms with Crippen molar-refractivity contribution in [2.24, 2.45) is 5.18 Å². The fraction of sp³-hybridized carbons (Fsp3) is 0.375. The van der Waals surface area contributed by atoms with Crippen LogP contribution in [0.25, 0.3) is 6.08 Å². The van der Waals surface area contributed by atoms with Gasteiger partial charge in [-0.2, -0.15) is 0 Å². The second-order valence-electron chi connectivity index (χ2n) is 6.04. The number of likely N-dealkylation sites (N-methyl/N-ethyl adjacent to an activating group) is 1. The standard InChI is InChI=1S/C16H18N4O3S/c1-19(2)12-5-6-20(9-12)13-4-3-11(18-23)7-10(13)8-14-15(21)17-16(22)24-14/h3-4,7-8,12H,5-6,9H2,1-2H3,(H,17,21,22)/b14-8-. The number of carbonyl (C=O) groups excluding carboxylic acids is 2. The van der Waals surface area contributed by atoms with E-state index in [1.54, 1.807) is 18.2 Å². The lowest BCUT2D eigenvalue weighted by atomic mass is 10.1. The zero-order valence-corrected chi connectivity index (χ0v) is 14.3. The van der Waals surface area contributed by atoms with Gasteiger partial charge in [-0.1, -0.05) is 0 Å². The van der Waals surface area contributed by atoms with Gasteiger partial charge in [0.15, 0.2) is 0 Å². The van der Waals surface area contributed by atoms with Gasteiger partial charge in [0.25, 0.3) is 11.1 Å². The molecule has 1 aromatic rings. The first-order chi connectivity index (χ1) is 11.5. The highest BCUT2D eigenvalue weighted by Gasteiger charge is 2.28. The number of nitrogens with zero attached hydrogens (tertiary/aromatic N) is 3. The summed E-state index contributed by atoms with van der Waals surface area (Å²) in [5.41, 5.74) is 1.95. The summed E-state index contributed by atoms with van der Waals surface area (Å²) >= 11 is 0.865. The molecule has 2 aliphatic heterocycles. The minimum absolute atomic E-state index is 0.295. The molecule has 1 unspecified atom stereocenters. The summed E-state index contributed by atoms with van der Waals surface area (Å²) in [6.07, 6.45) is 2.70. The quantitative estimate of drug-likeness (QED) is 0.666. The molecule has 1 atom stereocenters. The summed E-state index contributed by atoms with van der Waals surface area (Å²) in [5, 5.41) is 4.83. The number of nitrogens with one attached hydrogen (secondary N) is 1. The number of hydrogen-bond acceptors (Lipinski definition) is 7. The molecule has 0 aromatic heterocycles. The Bertz CT molecular complexity index is 732. The Morgan fingerprint density at radius 3 is 2.75 bits per heavy atom. The summed E-state index contributed by atoms with van der Waals surface area (Å²) in [6.45, 7) is 1.76. The van der Waals surface area contributed by atoms with Gasteiger partial charge in [0.2, 0.25) is 0 Å². The maximum atomic E-state index is 11.8. The number of benzene rings is 1. The van der Waals surface area contributed by atoms with Gasteiger partial charge in [-0.3, -0.25) is 14.9 Å². The van der Waals surface area contributed by atoms with Crippen molar-refractivity contribution < 1.29 is 9.59 Å². The molecule has 0 radical (unpaired) electrons. The number of rotatable bonds is 4. The molecule has 2 saturated heterocycles. The Kier molecular flexibility index (Phi) is 4.68. The third-order valence-corrected chi connectivity index (χ3v) is 5.09. The van der Waals surface area contributed by atoms with Gasteiger partial charge in [0.05, 0.1) is 4.91 Å². The third-order valence-electron chi connectivity index (χ3n) is 4.28. The molecular weight excluding hydrogens is 328 g/mol. The normalized spacial score (nSPS) is 22.5. The number of carbonyl (C=O) groups is 2. The number of hydrogen-bond donors (Lipinski definition) is 1. The number of anilines is 1. The summed E-state index contributed by atoms with van der Waals surface area (Å²) in [4.78, 5) is 38.7. The first kappa shape index (κ1) is 16.7. The van der Waals surface area contributed by atoms with Crippen LogP contribution in [-0.2, 0) is 4.79 Å². The molecule has 3 rings (SSSR count). The molecule has 0 saturated carbocycles. The molecule has 2 fully saturated rings. The van der Waals surface area contributed by atoms with E-state index in [2.05, 4.69) is 34.4 Å². The average Bonchev–Trinajstić information content (AvgIpc) is 3.14. The zero-order chi connectivity index (χ0) is 17.3. The van der Waals surface area contributed by atoms with Crippen LogP contribution in [0, 0.1) is 4.91 Å². The Hall–Kier alpha value is -2.19. The lowest BCUT2D eigenvalue weighted by Gasteiger charge is -2.23. The van der Waals surface area contributed by atoms with Crippen molar-refractivity contribution >= 4 is 40.4 Å². The number of imide groups is 1. The van der Waals surface area contributed by atoms with Crippen molar-refractivity contribution in [2.45, 2.75) is 12.5 Å². The van der Waals surface area contributed by atoms with E-state index in [1.165, 1.54) is 0 Å². The summed E-state index contributed by atoms with van der Waals surface area (Å²) < 4.78 is 0. The predicted octanol–water partition coefficient (Wildman–Crippen LogP) is 2.55. The van der Waals surface area contributed by atoms with Crippen molar-refractivity contribution in [3.05, 3.63) is 33.6 Å². The monoisotopic (exact) mass is 346 g/mol. The largest absolute Gasteiger partial charge is 0.369 e. The maximum Gasteiger partial charge on any atom is 0.290 e. The molecule has 0 aliphatic carbocycles. The molecule has 0 bridgehead atoms. The van der Waals surface area contributed by atoms with Crippen LogP contribution in [0.4, 0.5) is 16.2 Å². The molecule has 126 valence electrons. The first-order valence-corrected chi connectivity index (χ1v) is 8.43. The lowest BCUT2D eigenvalue weighted by Crippen LogP contribution is -2.31. The van der Waals surface area contributed by atoms with Gasteiger partial charge in [-0.25, -0.2) is 0 Å². The van der Waals surface area contributed by atoms with Gasteiger partial charge >= 0.3 is 0 Å². The van der Waals surface area contributed by atoms with Crippen LogP contribution in [0.3, 0.4) is 0 Å². The minimum Gasteiger partial charge on any atom is -0.369 e. The SMILES string of the molecule is CN(C)C1CCN(c2ccc(N=O)cc2/C=C2\SC(=O)NC2=O)C1. The van der Waals surface area contributed by atoms with Crippen LogP contribution >= 0.6 is 11.8 Å². The zero-order valence-electron chi connectivity index (χ0n) is 13.5. The van der Waals surface area contributed by atoms with Crippen molar-refractivity contribution in [2.75, 3.05) is 32.1 Å². The highest BCUT2D eigenvalue weighted by atomic mass is 32.2. The Morgan fingerprint density at radius 1 is 1.38 bits per heavy atom. The van der Waals surface area contributed by atoms with E-state index in [4.69, 9.17) is 0 Å². The van der Waals surface area contributed by atoms with E-state index in [0.717, 1.165) is 42.5 Å². The van der Waals surface area contributed by atoms with Crippen LogP contribution < -0.4 is 10.2 Å². The highest BCUT2D eigenvalue weighted by Crippen LogP contribution is 2.33. The van der Waals surface area contributed by atoms with Gasteiger partial charge in [0.1, 0.15) is 5.69 Å². The van der Waals surface area contributed by atoms with Gasteiger partial charge in [0, 0.05) is 30.4 Å². The van der Waals surface area contributed by atoms with Crippen molar-refractivity contribution in [3.8, 4) is 0 Å². The van der Waals surface area contributed by atoms with E-state index in [9.17, 15) is 14.5 Å². The van der Waals surface area contributed by atoms with E-state index >= 15 is 0 Å². The van der Waals surface area contributed by atoms with Crippen LogP contribution in [0.15, 0.2) is 28.3 Å². The predicted molar refractivity (Wildman–Crippen MR) is 95.3 cm³/mol. The second-order valence-corrected chi connectivity index (χ2v) is 7.05. The topological polar surface area (TPSA) is 82.1 Å². The fourth-order valence-corrected chi connectivity index (χ4v) is 3.62. The second kappa shape index (κ2) is 6.74. The van der Waals surface area contributed by atoms with Crippen molar-refractivity contribution in [3.63, 3.8) is 0 Å². The highest BCUT2D eigenvalue weighted by molar-refractivity contribution is 8.18. The van der Waals surface area contributed by atoms with Crippen LogP contribution in [0.1, 0.15) is 12.0 Å². The molecule has 1 N–H and O–H groups in total. The molecule has 2 amide bonds. The summed E-state index contributed by atoms with van der Waals surface area (Å²) in [5.74, 6) is -0.409. The molecule has 1 aromatic carbocycles. The fourth-order valence-electron chi connectivity index (χ4n) is 2.95. The van der Waals surface area contributed by atoms with E-state index in [0.29, 0.717) is 16.6 Å². The van der Waals surface area contributed by atoms with E-state index < -0.39 is 5.91 Å². The van der Waals surface area contributed by atoms with Gasteiger partial charge in [-0.15, -0.1) is 4.91 Å². The van der Waals surface area contributed by atoms with Crippen molar-refractivity contribution in [1.82, 2.24) is 10.2 Å². The third kappa shape index (κ3) is 3.34. The molecule has 2 aliphatic rings. The van der Waals surface area contributed by atoms with Gasteiger partial charge in [-0.05, 0) is 61.7 Å². The number of nitroso groups, excluding NO2 is 1. The first-order valence-electron chi connectivity index (χ1n) is 7.61. The Balaban J connectivity index is 1.95. The molecular formula is C16H18N4O3S. The molecule has 24 heavy (non-hydrogen) atoms. The minimum atomic E-state index is -0.409. The number of amides is 2. The average molecular weight is 346 g/mol. The molecule has 2 heterocycles. The van der Waals surface area contributed by atoms with E-state index in [-0.39, 0.29) is 5.24 Å². The van der Waals surface area contributed by atoms with Gasteiger partial charge < -0.3 is 9.80 Å². The summed E-state index contributed by atoms with van der Waals surface area (Å²) in [7, 11) is 4.11. The van der Waals surface area contributed by atoms with Crippen LogP contribution in [0.2, 0.25) is 0 Å². The smallest absolute Gasteiger partial charge is 0.290 e. The van der Waals surface area contributed by atoms with E-state index in [1.807, 2.05) is 6.07 Å². The number of thioether (sulfide) groups is 1. The van der Waals surface area contributed by atoms with Crippen molar-refractivity contribution in [1.29, 1.82) is 0 Å². The Morgan fingerprint density at radius 2 is 2.17 bits per heavy atom. The molecule has 7 nitrogen and oxygen atoms in total. The lowest BCUT2D eigenvalue weighted by molar-refractivity contribution is -0.115. The van der Waals surface area contributed by atoms with Crippen LogP contribution in [-0.4, -0.2) is 49.3 Å². The molecule has 8 heteroatoms. The Labute approximate surface area is 144 Å². The maximum absolute atomic E-state index is 11.8.